The van der Waals surface area contributed by atoms with E-state index in [0.717, 1.165) is 45.5 Å². The molecule has 2 nitrogen and oxygen atoms in total. The van der Waals surface area contributed by atoms with E-state index < -0.39 is 0 Å². The standard InChI is InChI=1S/C25H28BrNOS/c26-22-5-1-16(2-6-22)14-29-15-24(28)27-23-7-3-19(4-8-23)25-20-10-17-9-18(12-20)13-21(25)11-17/h1-8,17-18,20-21,25H,9-15H2,(H,27,28). The smallest absolute Gasteiger partial charge is 0.234 e. The van der Waals surface area contributed by atoms with Crippen molar-refractivity contribution in [1.82, 2.24) is 0 Å². The van der Waals surface area contributed by atoms with Crippen molar-refractivity contribution in [3.8, 4) is 0 Å². The van der Waals surface area contributed by atoms with E-state index in [1.165, 1.54) is 43.2 Å². The minimum Gasteiger partial charge on any atom is -0.325 e. The van der Waals surface area contributed by atoms with Crippen molar-refractivity contribution in [2.45, 2.75) is 43.8 Å². The molecule has 4 aliphatic carbocycles. The third-order valence-electron chi connectivity index (χ3n) is 7.22. The van der Waals surface area contributed by atoms with Crippen LogP contribution in [0.25, 0.3) is 0 Å². The zero-order valence-electron chi connectivity index (χ0n) is 16.6. The van der Waals surface area contributed by atoms with Crippen LogP contribution in [0.3, 0.4) is 0 Å². The van der Waals surface area contributed by atoms with Crippen molar-refractivity contribution in [2.75, 3.05) is 11.1 Å². The Morgan fingerprint density at radius 3 is 2.14 bits per heavy atom. The number of carbonyl (C=O) groups is 1. The molecule has 0 unspecified atom stereocenters. The monoisotopic (exact) mass is 469 g/mol. The highest BCUT2D eigenvalue weighted by molar-refractivity contribution is 9.10. The van der Waals surface area contributed by atoms with Gasteiger partial charge in [0.15, 0.2) is 0 Å². The molecule has 0 atom stereocenters. The quantitative estimate of drug-likeness (QED) is 0.500. The number of amides is 1. The van der Waals surface area contributed by atoms with Gasteiger partial charge in [-0.2, -0.15) is 0 Å². The molecule has 0 saturated heterocycles. The Hall–Kier alpha value is -1.26. The summed E-state index contributed by atoms with van der Waals surface area (Å²) in [7, 11) is 0. The van der Waals surface area contributed by atoms with Crippen LogP contribution >= 0.6 is 27.7 Å². The van der Waals surface area contributed by atoms with Crippen LogP contribution in [0, 0.1) is 23.7 Å². The van der Waals surface area contributed by atoms with E-state index in [-0.39, 0.29) is 5.91 Å². The van der Waals surface area contributed by atoms with E-state index >= 15 is 0 Å². The van der Waals surface area contributed by atoms with Crippen LogP contribution in [0.2, 0.25) is 0 Å². The number of nitrogens with one attached hydrogen (secondary N) is 1. The van der Waals surface area contributed by atoms with Gasteiger partial charge in [0.05, 0.1) is 5.75 Å². The predicted molar refractivity (Wildman–Crippen MR) is 125 cm³/mol. The van der Waals surface area contributed by atoms with E-state index in [9.17, 15) is 4.79 Å². The summed E-state index contributed by atoms with van der Waals surface area (Å²) < 4.78 is 1.08. The van der Waals surface area contributed by atoms with Crippen molar-refractivity contribution in [3.63, 3.8) is 0 Å². The first-order valence-electron chi connectivity index (χ1n) is 10.9. The van der Waals surface area contributed by atoms with Gasteiger partial charge < -0.3 is 5.32 Å². The van der Waals surface area contributed by atoms with Gasteiger partial charge in [-0.05, 0) is 97.1 Å². The molecule has 0 aromatic heterocycles. The van der Waals surface area contributed by atoms with Gasteiger partial charge in [-0.15, -0.1) is 11.8 Å². The van der Waals surface area contributed by atoms with Crippen molar-refractivity contribution in [3.05, 3.63) is 64.1 Å². The van der Waals surface area contributed by atoms with Gasteiger partial charge in [0.25, 0.3) is 0 Å². The normalized spacial score (nSPS) is 29.8. The highest BCUT2D eigenvalue weighted by Gasteiger charge is 2.48. The predicted octanol–water partition coefficient (Wildman–Crippen LogP) is 6.86. The fourth-order valence-electron chi connectivity index (χ4n) is 6.30. The minimum atomic E-state index is 0.0782. The van der Waals surface area contributed by atoms with Crippen LogP contribution in [0.5, 0.6) is 0 Å². The summed E-state index contributed by atoms with van der Waals surface area (Å²) in [6.07, 6.45) is 7.31. The average molecular weight is 470 g/mol. The molecule has 4 fully saturated rings. The van der Waals surface area contributed by atoms with Gasteiger partial charge in [0.2, 0.25) is 5.91 Å². The second kappa shape index (κ2) is 8.47. The maximum absolute atomic E-state index is 12.3. The first-order chi connectivity index (χ1) is 14.1. The third-order valence-corrected chi connectivity index (χ3v) is 8.75. The van der Waals surface area contributed by atoms with Crippen LogP contribution in [-0.2, 0) is 10.5 Å². The lowest BCUT2D eigenvalue weighted by atomic mass is 9.51. The molecule has 2 aromatic rings. The zero-order chi connectivity index (χ0) is 19.8. The summed E-state index contributed by atoms with van der Waals surface area (Å²) in [4.78, 5) is 12.3. The Balaban J connectivity index is 1.14. The van der Waals surface area contributed by atoms with Crippen molar-refractivity contribution < 1.29 is 4.79 Å². The van der Waals surface area contributed by atoms with Gasteiger partial charge in [0, 0.05) is 15.9 Å². The second-order valence-corrected chi connectivity index (χ2v) is 11.1. The van der Waals surface area contributed by atoms with Gasteiger partial charge in [-0.25, -0.2) is 0 Å². The fourth-order valence-corrected chi connectivity index (χ4v) is 7.35. The lowest BCUT2D eigenvalue weighted by Gasteiger charge is -2.54. The van der Waals surface area contributed by atoms with E-state index in [2.05, 4.69) is 57.6 Å². The molecule has 1 N–H and O–H groups in total. The largest absolute Gasteiger partial charge is 0.325 e. The molecule has 0 aliphatic heterocycles. The lowest BCUT2D eigenvalue weighted by molar-refractivity contribution is -0.113. The first-order valence-corrected chi connectivity index (χ1v) is 12.8. The molecule has 0 radical (unpaired) electrons. The van der Waals surface area contributed by atoms with Crippen molar-refractivity contribution in [1.29, 1.82) is 0 Å². The molecule has 4 saturated carbocycles. The maximum atomic E-state index is 12.3. The van der Waals surface area contributed by atoms with E-state index in [1.807, 2.05) is 12.1 Å². The molecule has 4 aliphatic rings. The summed E-state index contributed by atoms with van der Waals surface area (Å²) in [5.74, 6) is 6.01. The Bertz CT molecular complexity index is 835. The van der Waals surface area contributed by atoms with E-state index in [0.29, 0.717) is 5.75 Å². The number of hydrogen-bond donors (Lipinski definition) is 1. The number of hydrogen-bond acceptors (Lipinski definition) is 2. The molecule has 6 rings (SSSR count). The Morgan fingerprint density at radius 2 is 1.52 bits per heavy atom. The van der Waals surface area contributed by atoms with Crippen molar-refractivity contribution in [2.24, 2.45) is 23.7 Å². The molecule has 4 bridgehead atoms. The summed E-state index contributed by atoms with van der Waals surface area (Å²) in [5, 5.41) is 3.06. The number of anilines is 1. The molecular formula is C25H28BrNOS. The van der Waals surface area contributed by atoms with Gasteiger partial charge >= 0.3 is 0 Å². The zero-order valence-corrected chi connectivity index (χ0v) is 19.1. The van der Waals surface area contributed by atoms with Crippen molar-refractivity contribution >= 4 is 39.3 Å². The molecule has 1 amide bonds. The Kier molecular flexibility index (Phi) is 5.75. The molecule has 0 heterocycles. The third kappa shape index (κ3) is 4.44. The highest BCUT2D eigenvalue weighted by atomic mass is 79.9. The molecule has 29 heavy (non-hydrogen) atoms. The molecule has 0 spiro atoms. The second-order valence-electron chi connectivity index (χ2n) is 9.25. The Morgan fingerprint density at radius 1 is 0.897 bits per heavy atom. The molecular weight excluding hydrogens is 442 g/mol. The summed E-state index contributed by atoms with van der Waals surface area (Å²) >= 11 is 5.11. The minimum absolute atomic E-state index is 0.0782. The number of carbonyl (C=O) groups excluding carboxylic acids is 1. The van der Waals surface area contributed by atoms with Crippen LogP contribution in [-0.4, -0.2) is 11.7 Å². The molecule has 4 heteroatoms. The summed E-state index contributed by atoms with van der Waals surface area (Å²) in [5.41, 5.74) is 3.67. The SMILES string of the molecule is O=C(CSCc1ccc(Br)cc1)Nc1ccc(C2C3CC4CC(C3)CC2C4)cc1. The molecule has 2 aromatic carbocycles. The van der Waals surface area contributed by atoms with Crippen LogP contribution in [0.1, 0.15) is 49.1 Å². The highest BCUT2D eigenvalue weighted by Crippen LogP contribution is 2.59. The fraction of sp³-hybridized carbons (Fsp3) is 0.480. The summed E-state index contributed by atoms with van der Waals surface area (Å²) in [6.45, 7) is 0. The maximum Gasteiger partial charge on any atom is 0.234 e. The first kappa shape index (κ1) is 19.7. The number of thioether (sulfide) groups is 1. The van der Waals surface area contributed by atoms with Gasteiger partial charge in [0.1, 0.15) is 0 Å². The Labute approximate surface area is 186 Å². The van der Waals surface area contributed by atoms with Gasteiger partial charge in [-0.1, -0.05) is 40.2 Å². The number of rotatable bonds is 6. The lowest BCUT2D eigenvalue weighted by Crippen LogP contribution is -2.43. The average Bonchev–Trinajstić information content (AvgIpc) is 2.70. The molecule has 152 valence electrons. The summed E-state index contributed by atoms with van der Waals surface area (Å²) in [6, 6.07) is 17.0. The number of halogens is 1. The number of benzene rings is 2. The van der Waals surface area contributed by atoms with Crippen LogP contribution < -0.4 is 5.32 Å². The van der Waals surface area contributed by atoms with Gasteiger partial charge in [-0.3, -0.25) is 4.79 Å². The van der Waals surface area contributed by atoms with E-state index in [1.54, 1.807) is 11.8 Å². The van der Waals surface area contributed by atoms with Crippen LogP contribution in [0.15, 0.2) is 53.0 Å². The van der Waals surface area contributed by atoms with Crippen LogP contribution in [0.4, 0.5) is 5.69 Å². The van der Waals surface area contributed by atoms with E-state index in [4.69, 9.17) is 0 Å². The topological polar surface area (TPSA) is 29.1 Å².